The molecule has 2 nitrogen and oxygen atoms in total. The lowest BCUT2D eigenvalue weighted by Crippen LogP contribution is -2.33. The Bertz CT molecular complexity index is 530. The highest BCUT2D eigenvalue weighted by Crippen LogP contribution is 2.43. The molecule has 1 fully saturated rings. The Morgan fingerprint density at radius 3 is 2.76 bits per heavy atom. The summed E-state index contributed by atoms with van der Waals surface area (Å²) in [5, 5.41) is 9.30. The molecule has 1 aliphatic heterocycles. The van der Waals surface area contributed by atoms with Gasteiger partial charge in [-0.2, -0.15) is 5.26 Å². The summed E-state index contributed by atoms with van der Waals surface area (Å²) in [7, 11) is 0. The first-order valence-electron chi connectivity index (χ1n) is 6.15. The number of nitrogens with zero attached hydrogens (tertiary/aromatic N) is 1. The molecular weight excluding hydrogens is 210 g/mol. The van der Waals surface area contributed by atoms with E-state index in [-0.39, 0.29) is 5.60 Å². The minimum Gasteiger partial charge on any atom is -0.482 e. The highest BCUT2D eigenvalue weighted by Gasteiger charge is 2.38. The van der Waals surface area contributed by atoms with Crippen LogP contribution in [0, 0.1) is 18.3 Å². The smallest absolute Gasteiger partial charge is 0.129 e. The van der Waals surface area contributed by atoms with E-state index in [1.165, 1.54) is 12.8 Å². The van der Waals surface area contributed by atoms with Gasteiger partial charge in [0.1, 0.15) is 11.4 Å². The maximum absolute atomic E-state index is 9.30. The van der Waals surface area contributed by atoms with Crippen molar-refractivity contribution in [3.63, 3.8) is 0 Å². The number of hydrogen-bond acceptors (Lipinski definition) is 2. The van der Waals surface area contributed by atoms with E-state index < -0.39 is 0 Å². The molecular formula is C15H15NO. The molecule has 86 valence electrons. The van der Waals surface area contributed by atoms with Gasteiger partial charge in [-0.05, 0) is 50.8 Å². The van der Waals surface area contributed by atoms with Crippen LogP contribution in [0.4, 0.5) is 0 Å². The molecule has 0 N–H and O–H groups in total. The summed E-state index contributed by atoms with van der Waals surface area (Å²) >= 11 is 0. The predicted octanol–water partition coefficient (Wildman–Crippen LogP) is 3.61. The average molecular weight is 225 g/mol. The van der Waals surface area contributed by atoms with E-state index in [1.807, 2.05) is 31.2 Å². The number of rotatable bonds is 0. The third kappa shape index (κ3) is 1.63. The first-order chi connectivity index (χ1) is 8.22. The molecule has 3 rings (SSSR count). The SMILES string of the molecule is Cc1ccc2c(c1)C(C#N)=CC1(CCCC1)O2. The average Bonchev–Trinajstić information content (AvgIpc) is 2.77. The molecule has 0 atom stereocenters. The van der Waals surface area contributed by atoms with Gasteiger partial charge >= 0.3 is 0 Å². The van der Waals surface area contributed by atoms with Gasteiger partial charge in [-0.15, -0.1) is 0 Å². The Kier molecular flexibility index (Phi) is 2.22. The number of nitriles is 1. The van der Waals surface area contributed by atoms with Crippen LogP contribution in [0.1, 0.15) is 36.8 Å². The van der Waals surface area contributed by atoms with Crippen LogP contribution in [0.5, 0.6) is 5.75 Å². The van der Waals surface area contributed by atoms with Gasteiger partial charge in [-0.1, -0.05) is 11.6 Å². The van der Waals surface area contributed by atoms with Crippen LogP contribution < -0.4 is 4.74 Å². The molecule has 1 heterocycles. The predicted molar refractivity (Wildman–Crippen MR) is 66.6 cm³/mol. The van der Waals surface area contributed by atoms with E-state index in [4.69, 9.17) is 4.74 Å². The van der Waals surface area contributed by atoms with E-state index in [0.717, 1.165) is 35.3 Å². The molecule has 0 unspecified atom stereocenters. The first kappa shape index (κ1) is 10.4. The van der Waals surface area contributed by atoms with Crippen LogP contribution in [-0.2, 0) is 0 Å². The second-order valence-electron chi connectivity index (χ2n) is 5.04. The van der Waals surface area contributed by atoms with Crippen molar-refractivity contribution in [1.29, 1.82) is 5.26 Å². The number of hydrogen-bond donors (Lipinski definition) is 0. The fourth-order valence-electron chi connectivity index (χ4n) is 2.84. The van der Waals surface area contributed by atoms with Crippen molar-refractivity contribution in [3.05, 3.63) is 35.4 Å². The fraction of sp³-hybridized carbons (Fsp3) is 0.400. The summed E-state index contributed by atoms with van der Waals surface area (Å²) in [6.07, 6.45) is 6.49. The number of ether oxygens (including phenoxy) is 1. The van der Waals surface area contributed by atoms with Gasteiger partial charge in [0.05, 0.1) is 11.6 Å². The quantitative estimate of drug-likeness (QED) is 0.675. The summed E-state index contributed by atoms with van der Waals surface area (Å²) in [6.45, 7) is 2.04. The van der Waals surface area contributed by atoms with Crippen LogP contribution in [0.2, 0.25) is 0 Å². The maximum Gasteiger partial charge on any atom is 0.129 e. The third-order valence-electron chi connectivity index (χ3n) is 3.72. The lowest BCUT2D eigenvalue weighted by Gasteiger charge is -2.32. The Morgan fingerprint density at radius 2 is 2.06 bits per heavy atom. The van der Waals surface area contributed by atoms with Crippen LogP contribution in [0.25, 0.3) is 5.57 Å². The van der Waals surface area contributed by atoms with E-state index in [0.29, 0.717) is 0 Å². The second-order valence-corrected chi connectivity index (χ2v) is 5.04. The summed E-state index contributed by atoms with van der Waals surface area (Å²) in [5.41, 5.74) is 2.69. The van der Waals surface area contributed by atoms with Crippen molar-refractivity contribution in [3.8, 4) is 11.8 Å². The molecule has 2 aliphatic rings. The van der Waals surface area contributed by atoms with Gasteiger partial charge in [-0.3, -0.25) is 0 Å². The lowest BCUT2D eigenvalue weighted by atomic mass is 9.91. The molecule has 1 aromatic rings. The Morgan fingerprint density at radius 1 is 1.29 bits per heavy atom. The first-order valence-corrected chi connectivity index (χ1v) is 6.15. The number of allylic oxidation sites excluding steroid dienone is 1. The molecule has 1 aromatic carbocycles. The molecule has 0 saturated heterocycles. The van der Waals surface area contributed by atoms with Crippen LogP contribution in [0.3, 0.4) is 0 Å². The number of benzene rings is 1. The van der Waals surface area contributed by atoms with Crippen molar-refractivity contribution >= 4 is 5.57 Å². The molecule has 0 bridgehead atoms. The molecule has 2 heteroatoms. The summed E-state index contributed by atoms with van der Waals surface area (Å²) in [6, 6.07) is 8.39. The molecule has 1 spiro atoms. The largest absolute Gasteiger partial charge is 0.482 e. The van der Waals surface area contributed by atoms with Gasteiger partial charge in [0, 0.05) is 5.56 Å². The summed E-state index contributed by atoms with van der Waals surface area (Å²) in [5.74, 6) is 0.872. The van der Waals surface area contributed by atoms with Crippen molar-refractivity contribution in [2.45, 2.75) is 38.2 Å². The van der Waals surface area contributed by atoms with Gasteiger partial charge < -0.3 is 4.74 Å². The Balaban J connectivity index is 2.13. The Labute approximate surface area is 102 Å². The van der Waals surface area contributed by atoms with Crippen molar-refractivity contribution in [2.75, 3.05) is 0 Å². The van der Waals surface area contributed by atoms with Gasteiger partial charge in [0.25, 0.3) is 0 Å². The third-order valence-corrected chi connectivity index (χ3v) is 3.72. The van der Waals surface area contributed by atoms with E-state index >= 15 is 0 Å². The van der Waals surface area contributed by atoms with Crippen LogP contribution >= 0.6 is 0 Å². The zero-order valence-electron chi connectivity index (χ0n) is 9.99. The van der Waals surface area contributed by atoms with Gasteiger partial charge in [0.15, 0.2) is 0 Å². The van der Waals surface area contributed by atoms with Gasteiger partial charge in [-0.25, -0.2) is 0 Å². The monoisotopic (exact) mass is 225 g/mol. The fourth-order valence-corrected chi connectivity index (χ4v) is 2.84. The number of aryl methyl sites for hydroxylation is 1. The minimum atomic E-state index is -0.201. The van der Waals surface area contributed by atoms with Gasteiger partial charge in [0.2, 0.25) is 0 Å². The molecule has 1 saturated carbocycles. The zero-order valence-corrected chi connectivity index (χ0v) is 9.99. The van der Waals surface area contributed by atoms with Crippen LogP contribution in [-0.4, -0.2) is 5.60 Å². The molecule has 17 heavy (non-hydrogen) atoms. The topological polar surface area (TPSA) is 33.0 Å². The zero-order chi connectivity index (χ0) is 11.9. The maximum atomic E-state index is 9.30. The van der Waals surface area contributed by atoms with E-state index in [1.54, 1.807) is 0 Å². The van der Waals surface area contributed by atoms with Crippen molar-refractivity contribution < 1.29 is 4.74 Å². The second kappa shape index (κ2) is 3.63. The molecule has 0 amide bonds. The van der Waals surface area contributed by atoms with Crippen molar-refractivity contribution in [2.24, 2.45) is 0 Å². The highest BCUT2D eigenvalue weighted by molar-refractivity contribution is 5.82. The molecule has 0 aromatic heterocycles. The lowest BCUT2D eigenvalue weighted by molar-refractivity contribution is 0.124. The van der Waals surface area contributed by atoms with E-state index in [2.05, 4.69) is 6.07 Å². The molecule has 0 radical (unpaired) electrons. The number of fused-ring (bicyclic) bond motifs is 1. The van der Waals surface area contributed by atoms with Crippen LogP contribution in [0.15, 0.2) is 24.3 Å². The normalized spacial score (nSPS) is 20.4. The Hall–Kier alpha value is -1.75. The minimum absolute atomic E-state index is 0.201. The highest BCUT2D eigenvalue weighted by atomic mass is 16.5. The summed E-state index contributed by atoms with van der Waals surface area (Å²) < 4.78 is 6.14. The molecule has 1 aliphatic carbocycles. The van der Waals surface area contributed by atoms with Crippen molar-refractivity contribution in [1.82, 2.24) is 0 Å². The van der Waals surface area contributed by atoms with E-state index in [9.17, 15) is 5.26 Å². The standard InChI is InChI=1S/C15H15NO/c1-11-4-5-14-13(8-11)12(10-16)9-15(17-14)6-2-3-7-15/h4-5,8-9H,2-3,6-7H2,1H3. The summed E-state index contributed by atoms with van der Waals surface area (Å²) in [4.78, 5) is 0.